The SMILES string of the molecule is CCN(CC)S(=O)(=O)CCNC(=NC)N1CCC(=Cc2ccccc2)CC1.I. The summed E-state index contributed by atoms with van der Waals surface area (Å²) in [6, 6.07) is 10.4. The maximum Gasteiger partial charge on any atom is 0.215 e. The Morgan fingerprint density at radius 3 is 2.32 bits per heavy atom. The monoisotopic (exact) mass is 520 g/mol. The Morgan fingerprint density at radius 2 is 1.79 bits per heavy atom. The van der Waals surface area contributed by atoms with E-state index in [0.717, 1.165) is 31.9 Å². The third-order valence-electron chi connectivity index (χ3n) is 4.83. The molecule has 28 heavy (non-hydrogen) atoms. The van der Waals surface area contributed by atoms with Crippen molar-refractivity contribution in [1.82, 2.24) is 14.5 Å². The molecular weight excluding hydrogens is 487 g/mol. The maximum absolute atomic E-state index is 12.3. The van der Waals surface area contributed by atoms with Crippen LogP contribution in [0.3, 0.4) is 0 Å². The van der Waals surface area contributed by atoms with Crippen LogP contribution in [0.15, 0.2) is 40.9 Å². The summed E-state index contributed by atoms with van der Waals surface area (Å²) >= 11 is 0. The number of piperidine rings is 1. The Kier molecular flexibility index (Phi) is 11.1. The van der Waals surface area contributed by atoms with Crippen LogP contribution in [0.5, 0.6) is 0 Å². The predicted molar refractivity (Wildman–Crippen MR) is 129 cm³/mol. The highest BCUT2D eigenvalue weighted by Gasteiger charge is 2.20. The standard InChI is InChI=1S/C20H32N4O2S.HI/c1-4-24(5-2)27(25,26)16-13-22-20(21-3)23-14-11-19(12-15-23)17-18-9-7-6-8-10-18;/h6-10,17H,4-5,11-16H2,1-3H3,(H,21,22);1H. The second-order valence-corrected chi connectivity index (χ2v) is 8.66. The fourth-order valence-corrected chi connectivity index (χ4v) is 4.71. The van der Waals surface area contributed by atoms with Gasteiger partial charge in [0.25, 0.3) is 0 Å². The van der Waals surface area contributed by atoms with Crippen molar-refractivity contribution in [3.63, 3.8) is 0 Å². The fraction of sp³-hybridized carbons (Fsp3) is 0.550. The minimum Gasteiger partial charge on any atom is -0.355 e. The first kappa shape index (κ1) is 24.9. The van der Waals surface area contributed by atoms with Gasteiger partial charge in [0.15, 0.2) is 5.96 Å². The van der Waals surface area contributed by atoms with Crippen LogP contribution in [-0.4, -0.2) is 69.1 Å². The van der Waals surface area contributed by atoms with E-state index in [9.17, 15) is 8.42 Å². The Balaban J connectivity index is 0.00000392. The molecule has 1 aliphatic rings. The van der Waals surface area contributed by atoms with Gasteiger partial charge < -0.3 is 10.2 Å². The van der Waals surface area contributed by atoms with Crippen LogP contribution in [-0.2, 0) is 10.0 Å². The average molecular weight is 520 g/mol. The maximum atomic E-state index is 12.3. The van der Waals surface area contributed by atoms with Crippen LogP contribution >= 0.6 is 24.0 Å². The second kappa shape index (κ2) is 12.4. The molecule has 0 aromatic heterocycles. The highest BCUT2D eigenvalue weighted by atomic mass is 127. The zero-order valence-corrected chi connectivity index (χ0v) is 20.2. The van der Waals surface area contributed by atoms with Gasteiger partial charge in [-0.2, -0.15) is 0 Å². The van der Waals surface area contributed by atoms with Crippen LogP contribution < -0.4 is 5.32 Å². The molecule has 0 atom stereocenters. The van der Waals surface area contributed by atoms with E-state index in [2.05, 4.69) is 45.6 Å². The molecule has 1 fully saturated rings. The van der Waals surface area contributed by atoms with Crippen molar-refractivity contribution in [2.45, 2.75) is 26.7 Å². The third-order valence-corrected chi connectivity index (χ3v) is 6.85. The number of likely N-dealkylation sites (tertiary alicyclic amines) is 1. The Labute approximate surface area is 187 Å². The molecule has 1 saturated heterocycles. The van der Waals surface area contributed by atoms with Gasteiger partial charge in [-0.05, 0) is 18.4 Å². The van der Waals surface area contributed by atoms with Crippen molar-refractivity contribution in [2.24, 2.45) is 4.99 Å². The van der Waals surface area contributed by atoms with Crippen molar-refractivity contribution < 1.29 is 8.42 Å². The molecule has 6 nitrogen and oxygen atoms in total. The Bertz CT molecular complexity index is 737. The second-order valence-electron chi connectivity index (χ2n) is 6.57. The van der Waals surface area contributed by atoms with Crippen molar-refractivity contribution in [1.29, 1.82) is 0 Å². The summed E-state index contributed by atoms with van der Waals surface area (Å²) in [4.78, 5) is 6.53. The molecule has 2 rings (SSSR count). The third kappa shape index (κ3) is 7.36. The molecule has 0 saturated carbocycles. The number of benzene rings is 1. The summed E-state index contributed by atoms with van der Waals surface area (Å²) in [5.74, 6) is 0.865. The van der Waals surface area contributed by atoms with E-state index in [-0.39, 0.29) is 29.7 Å². The summed E-state index contributed by atoms with van der Waals surface area (Å²) in [6.45, 7) is 6.90. The van der Waals surface area contributed by atoms with E-state index in [0.29, 0.717) is 19.6 Å². The lowest BCUT2D eigenvalue weighted by Gasteiger charge is -2.31. The lowest BCUT2D eigenvalue weighted by Crippen LogP contribution is -2.46. The summed E-state index contributed by atoms with van der Waals surface area (Å²) < 4.78 is 26.1. The number of aliphatic imine (C=N–C) groups is 1. The highest BCUT2D eigenvalue weighted by molar-refractivity contribution is 14.0. The van der Waals surface area contributed by atoms with Gasteiger partial charge in [-0.15, -0.1) is 24.0 Å². The molecule has 1 N–H and O–H groups in total. The van der Waals surface area contributed by atoms with E-state index < -0.39 is 10.0 Å². The van der Waals surface area contributed by atoms with Crippen LogP contribution in [0.25, 0.3) is 6.08 Å². The molecule has 158 valence electrons. The lowest BCUT2D eigenvalue weighted by atomic mass is 10.0. The summed E-state index contributed by atoms with van der Waals surface area (Å²) in [5.41, 5.74) is 2.68. The first-order valence-corrected chi connectivity index (χ1v) is 11.3. The average Bonchev–Trinajstić information content (AvgIpc) is 2.67. The number of hydrogen-bond acceptors (Lipinski definition) is 3. The van der Waals surface area contributed by atoms with E-state index in [1.54, 1.807) is 7.05 Å². The molecule has 8 heteroatoms. The first-order valence-electron chi connectivity index (χ1n) is 9.68. The van der Waals surface area contributed by atoms with Gasteiger partial charge in [-0.3, -0.25) is 4.99 Å². The summed E-state index contributed by atoms with van der Waals surface area (Å²) in [5, 5.41) is 3.21. The number of nitrogens with zero attached hydrogens (tertiary/aromatic N) is 3. The van der Waals surface area contributed by atoms with Gasteiger partial charge in [0.05, 0.1) is 5.75 Å². The van der Waals surface area contributed by atoms with E-state index in [1.165, 1.54) is 15.4 Å². The zero-order chi connectivity index (χ0) is 19.7. The van der Waals surface area contributed by atoms with Crippen LogP contribution in [0.4, 0.5) is 0 Å². The van der Waals surface area contributed by atoms with Crippen molar-refractivity contribution in [3.8, 4) is 0 Å². The number of hydrogen-bond donors (Lipinski definition) is 1. The molecule has 0 aliphatic carbocycles. The molecule has 0 radical (unpaired) electrons. The molecule has 1 aromatic carbocycles. The van der Waals surface area contributed by atoms with E-state index >= 15 is 0 Å². The number of halogens is 1. The summed E-state index contributed by atoms with van der Waals surface area (Å²) in [7, 11) is -1.47. The molecule has 0 amide bonds. The van der Waals surface area contributed by atoms with Gasteiger partial charge in [0.1, 0.15) is 0 Å². The van der Waals surface area contributed by atoms with E-state index in [4.69, 9.17) is 0 Å². The van der Waals surface area contributed by atoms with Crippen molar-refractivity contribution in [3.05, 3.63) is 41.5 Å². The minimum atomic E-state index is -3.21. The van der Waals surface area contributed by atoms with Gasteiger partial charge in [0.2, 0.25) is 10.0 Å². The quantitative estimate of drug-likeness (QED) is 0.341. The Hall–Kier alpha value is -1.13. The van der Waals surface area contributed by atoms with Gasteiger partial charge in [-0.25, -0.2) is 12.7 Å². The van der Waals surface area contributed by atoms with Crippen molar-refractivity contribution in [2.75, 3.05) is 45.5 Å². The first-order chi connectivity index (χ1) is 13.0. The van der Waals surface area contributed by atoms with Gasteiger partial charge >= 0.3 is 0 Å². The molecule has 0 unspecified atom stereocenters. The Morgan fingerprint density at radius 1 is 1.18 bits per heavy atom. The molecule has 0 spiro atoms. The normalized spacial score (nSPS) is 15.4. The summed E-state index contributed by atoms with van der Waals surface area (Å²) in [6.07, 6.45) is 4.25. The largest absolute Gasteiger partial charge is 0.355 e. The topological polar surface area (TPSA) is 65.0 Å². The zero-order valence-electron chi connectivity index (χ0n) is 17.1. The number of sulfonamides is 1. The number of nitrogens with one attached hydrogen (secondary N) is 1. The van der Waals surface area contributed by atoms with E-state index in [1.807, 2.05) is 19.9 Å². The van der Waals surface area contributed by atoms with Gasteiger partial charge in [0, 0.05) is 39.8 Å². The van der Waals surface area contributed by atoms with Crippen molar-refractivity contribution >= 4 is 46.0 Å². The smallest absolute Gasteiger partial charge is 0.215 e. The van der Waals surface area contributed by atoms with Gasteiger partial charge in [-0.1, -0.05) is 55.8 Å². The number of guanidine groups is 1. The molecule has 1 aromatic rings. The fourth-order valence-electron chi connectivity index (χ4n) is 3.31. The van der Waals surface area contributed by atoms with Crippen LogP contribution in [0.2, 0.25) is 0 Å². The molecule has 0 bridgehead atoms. The highest BCUT2D eigenvalue weighted by Crippen LogP contribution is 2.19. The van der Waals surface area contributed by atoms with Crippen LogP contribution in [0, 0.1) is 0 Å². The molecule has 1 aliphatic heterocycles. The lowest BCUT2D eigenvalue weighted by molar-refractivity contribution is 0.376. The number of rotatable bonds is 7. The predicted octanol–water partition coefficient (Wildman–Crippen LogP) is 3.03. The van der Waals surface area contributed by atoms with Crippen LogP contribution in [0.1, 0.15) is 32.3 Å². The minimum absolute atomic E-state index is 0. The molecule has 1 heterocycles. The molecular formula is C20H33IN4O2S.